The van der Waals surface area contributed by atoms with E-state index in [0.717, 1.165) is 49.4 Å². The number of pyridine rings is 1. The van der Waals surface area contributed by atoms with E-state index in [1.807, 2.05) is 12.1 Å². The van der Waals surface area contributed by atoms with Crippen molar-refractivity contribution in [2.24, 2.45) is 0 Å². The van der Waals surface area contributed by atoms with Crippen molar-refractivity contribution in [1.29, 1.82) is 0 Å². The monoisotopic (exact) mass is 498 g/mol. The van der Waals surface area contributed by atoms with E-state index >= 15 is 0 Å². The van der Waals surface area contributed by atoms with Gasteiger partial charge >= 0.3 is 6.18 Å². The third-order valence-corrected chi connectivity index (χ3v) is 7.53. The average Bonchev–Trinajstić information content (AvgIpc) is 2.85. The molecule has 1 aromatic carbocycles. The van der Waals surface area contributed by atoms with Gasteiger partial charge in [-0.3, -0.25) is 0 Å². The molecule has 0 spiro atoms. The fourth-order valence-electron chi connectivity index (χ4n) is 5.89. The first-order valence-corrected chi connectivity index (χ1v) is 12.8. The number of rotatable bonds is 2. The van der Waals surface area contributed by atoms with E-state index in [9.17, 15) is 18.3 Å². The summed E-state index contributed by atoms with van der Waals surface area (Å²) in [6.45, 7) is 4.83. The Kier molecular flexibility index (Phi) is 6.65. The molecule has 0 amide bonds. The van der Waals surface area contributed by atoms with Crippen molar-refractivity contribution in [3.63, 3.8) is 0 Å². The van der Waals surface area contributed by atoms with E-state index in [1.54, 1.807) is 32.2 Å². The molecule has 3 heterocycles. The van der Waals surface area contributed by atoms with Gasteiger partial charge in [0.1, 0.15) is 11.4 Å². The van der Waals surface area contributed by atoms with Crippen LogP contribution in [0.4, 0.5) is 24.7 Å². The molecule has 3 fully saturated rings. The maximum atomic E-state index is 13.0. The highest BCUT2D eigenvalue weighted by molar-refractivity contribution is 5.53. The van der Waals surface area contributed by atoms with E-state index in [0.29, 0.717) is 12.1 Å². The van der Waals surface area contributed by atoms with Gasteiger partial charge in [0.25, 0.3) is 0 Å². The zero-order chi connectivity index (χ0) is 25.5. The van der Waals surface area contributed by atoms with Crippen LogP contribution in [0.5, 0.6) is 0 Å². The minimum atomic E-state index is -4.33. The van der Waals surface area contributed by atoms with Crippen molar-refractivity contribution in [2.75, 3.05) is 22.9 Å². The largest absolute Gasteiger partial charge is 0.416 e. The molecular weight excluding hydrogens is 465 g/mol. The van der Waals surface area contributed by atoms with Crippen molar-refractivity contribution in [2.45, 2.75) is 81.9 Å². The van der Waals surface area contributed by atoms with E-state index in [1.165, 1.54) is 25.0 Å². The number of alkyl halides is 3. The average molecular weight is 499 g/mol. The van der Waals surface area contributed by atoms with Gasteiger partial charge in [0, 0.05) is 54.7 Å². The van der Waals surface area contributed by atoms with Crippen LogP contribution in [-0.2, 0) is 6.18 Å². The van der Waals surface area contributed by atoms with Gasteiger partial charge in [0.05, 0.1) is 5.56 Å². The number of halogens is 3. The third kappa shape index (κ3) is 5.33. The Bertz CT molecular complexity index is 1130. The Morgan fingerprint density at radius 3 is 2.44 bits per heavy atom. The summed E-state index contributed by atoms with van der Waals surface area (Å²) in [6.07, 6.45) is 2.91. The van der Waals surface area contributed by atoms with E-state index in [-0.39, 0.29) is 12.1 Å². The number of benzene rings is 1. The molecule has 192 valence electrons. The van der Waals surface area contributed by atoms with Gasteiger partial charge in [-0.25, -0.2) is 4.98 Å². The van der Waals surface area contributed by atoms with Crippen LogP contribution < -0.4 is 15.1 Å². The Morgan fingerprint density at radius 2 is 1.72 bits per heavy atom. The van der Waals surface area contributed by atoms with E-state index in [4.69, 9.17) is 4.98 Å². The number of hydrogen-bond acceptors (Lipinski definition) is 5. The summed E-state index contributed by atoms with van der Waals surface area (Å²) in [5.41, 5.74) is -0.0375. The quantitative estimate of drug-likeness (QED) is 0.594. The highest BCUT2D eigenvalue weighted by Crippen LogP contribution is 2.37. The Hall–Kier alpha value is -2.76. The second-order valence-corrected chi connectivity index (χ2v) is 10.7. The Balaban J connectivity index is 1.41. The minimum absolute atomic E-state index is 0.174. The maximum absolute atomic E-state index is 13.0. The molecular formula is C28H33F3N4O. The summed E-state index contributed by atoms with van der Waals surface area (Å²) in [5, 5.41) is 13.9. The number of nitrogens with one attached hydrogen (secondary N) is 1. The van der Waals surface area contributed by atoms with E-state index < -0.39 is 17.3 Å². The second-order valence-electron chi connectivity index (χ2n) is 10.7. The predicted octanol–water partition coefficient (Wildman–Crippen LogP) is 4.59. The summed E-state index contributed by atoms with van der Waals surface area (Å²) in [7, 11) is 0. The van der Waals surface area contributed by atoms with Gasteiger partial charge < -0.3 is 20.2 Å². The molecule has 1 saturated carbocycles. The number of nitrogens with zero attached hydrogens (tertiary/aromatic N) is 3. The van der Waals surface area contributed by atoms with Gasteiger partial charge in [0.15, 0.2) is 0 Å². The van der Waals surface area contributed by atoms with Crippen LogP contribution in [0.2, 0.25) is 0 Å². The molecule has 5 rings (SSSR count). The SMILES string of the molecule is CC(C)(O)C#Cc1ccnc(N2C3CCN(c4ccc(C(F)(F)F)cc4)CC3N[C@@H]3CCCC[C@H]32)c1. The molecule has 1 aliphatic carbocycles. The smallest absolute Gasteiger partial charge is 0.378 e. The van der Waals surface area contributed by atoms with Crippen molar-refractivity contribution in [1.82, 2.24) is 10.3 Å². The van der Waals surface area contributed by atoms with Crippen LogP contribution in [-0.4, -0.2) is 52.9 Å². The van der Waals surface area contributed by atoms with Crippen LogP contribution in [0.25, 0.3) is 0 Å². The van der Waals surface area contributed by atoms with Gasteiger partial charge in [-0.05, 0) is 69.5 Å². The standard InChI is InChI=1S/C28H33F3N4O/c1-27(2,36)14-11-19-12-15-32-26(17-19)35-24-6-4-3-5-22(24)33-23-18-34(16-13-25(23)35)21-9-7-20(8-10-21)28(29,30)31/h7-10,12,15,17,22-25,33,36H,3-6,13,16,18H2,1-2H3/t22-,23?,24-,25?/m1/s1. The molecule has 0 bridgehead atoms. The van der Waals surface area contributed by atoms with Gasteiger partial charge in [-0.2, -0.15) is 13.2 Å². The van der Waals surface area contributed by atoms with Crippen LogP contribution in [0.15, 0.2) is 42.6 Å². The van der Waals surface area contributed by atoms with Crippen molar-refractivity contribution in [3.05, 3.63) is 53.7 Å². The number of aliphatic hydroxyl groups is 1. The zero-order valence-electron chi connectivity index (χ0n) is 20.7. The van der Waals surface area contributed by atoms with Crippen molar-refractivity contribution in [3.8, 4) is 11.8 Å². The van der Waals surface area contributed by atoms with Crippen LogP contribution in [0, 0.1) is 11.8 Å². The van der Waals surface area contributed by atoms with Gasteiger partial charge in [-0.15, -0.1) is 0 Å². The lowest BCUT2D eigenvalue weighted by Gasteiger charge is -2.56. The second kappa shape index (κ2) is 9.60. The molecule has 2 saturated heterocycles. The van der Waals surface area contributed by atoms with E-state index in [2.05, 4.69) is 27.0 Å². The molecule has 1 aromatic heterocycles. The third-order valence-electron chi connectivity index (χ3n) is 7.53. The fraction of sp³-hybridized carbons (Fsp3) is 0.536. The first-order valence-electron chi connectivity index (χ1n) is 12.8. The minimum Gasteiger partial charge on any atom is -0.378 e. The Labute approximate surface area is 210 Å². The molecule has 36 heavy (non-hydrogen) atoms. The fourth-order valence-corrected chi connectivity index (χ4v) is 5.89. The number of piperazine rings is 1. The molecule has 2 aromatic rings. The molecule has 2 unspecified atom stereocenters. The van der Waals surface area contributed by atoms with Crippen LogP contribution >= 0.6 is 0 Å². The van der Waals surface area contributed by atoms with Crippen molar-refractivity contribution >= 4 is 11.5 Å². The van der Waals surface area contributed by atoms with Gasteiger partial charge in [-0.1, -0.05) is 24.7 Å². The lowest BCUT2D eigenvalue weighted by Crippen LogP contribution is -2.72. The first-order chi connectivity index (χ1) is 17.1. The lowest BCUT2D eigenvalue weighted by atomic mass is 9.81. The predicted molar refractivity (Wildman–Crippen MR) is 135 cm³/mol. The number of piperidine rings is 1. The summed E-state index contributed by atoms with van der Waals surface area (Å²) in [6, 6.07) is 10.5. The highest BCUT2D eigenvalue weighted by Gasteiger charge is 2.46. The Morgan fingerprint density at radius 1 is 1.00 bits per heavy atom. The van der Waals surface area contributed by atoms with Crippen LogP contribution in [0.3, 0.4) is 0 Å². The zero-order valence-corrected chi connectivity index (χ0v) is 20.7. The molecule has 8 heteroatoms. The molecule has 3 aliphatic rings. The maximum Gasteiger partial charge on any atom is 0.416 e. The van der Waals surface area contributed by atoms with Crippen LogP contribution in [0.1, 0.15) is 57.1 Å². The number of fused-ring (bicyclic) bond motifs is 2. The summed E-state index contributed by atoms with van der Waals surface area (Å²) < 4.78 is 39.1. The molecule has 2 aliphatic heterocycles. The van der Waals surface area contributed by atoms with Crippen molar-refractivity contribution < 1.29 is 18.3 Å². The molecule has 0 radical (unpaired) electrons. The number of anilines is 2. The molecule has 2 N–H and O–H groups in total. The number of hydrogen-bond donors (Lipinski definition) is 2. The number of aromatic nitrogens is 1. The lowest BCUT2D eigenvalue weighted by molar-refractivity contribution is -0.137. The van der Waals surface area contributed by atoms with Gasteiger partial charge in [0.2, 0.25) is 0 Å². The normalized spacial score (nSPS) is 26.5. The first kappa shape index (κ1) is 24.9. The summed E-state index contributed by atoms with van der Waals surface area (Å²) >= 11 is 0. The highest BCUT2D eigenvalue weighted by atomic mass is 19.4. The summed E-state index contributed by atoms with van der Waals surface area (Å²) in [5.74, 6) is 6.88. The topological polar surface area (TPSA) is 51.6 Å². The summed E-state index contributed by atoms with van der Waals surface area (Å²) in [4.78, 5) is 9.43. The molecule has 4 atom stereocenters. The molecule has 5 nitrogen and oxygen atoms in total.